The van der Waals surface area contributed by atoms with Crippen LogP contribution in [0.4, 0.5) is 0 Å². The number of hydrogen-bond donors (Lipinski definition) is 2. The van der Waals surface area contributed by atoms with Crippen molar-refractivity contribution in [3.63, 3.8) is 0 Å². The van der Waals surface area contributed by atoms with Crippen molar-refractivity contribution < 1.29 is 9.53 Å². The molecule has 1 amide bonds. The van der Waals surface area contributed by atoms with Gasteiger partial charge in [-0.25, -0.2) is 9.97 Å². The van der Waals surface area contributed by atoms with Crippen LogP contribution in [0.1, 0.15) is 51.4 Å². The number of aryl methyl sites for hydroxylation is 1. The number of rotatable bonds is 8. The number of aromatic nitrogens is 3. The first-order valence-electron chi connectivity index (χ1n) is 11.2. The Balaban J connectivity index is 1.38. The van der Waals surface area contributed by atoms with Crippen molar-refractivity contribution in [2.24, 2.45) is 5.92 Å². The smallest absolute Gasteiger partial charge is 0.222 e. The lowest BCUT2D eigenvalue weighted by molar-refractivity contribution is -0.133. The van der Waals surface area contributed by atoms with E-state index >= 15 is 0 Å². The van der Waals surface area contributed by atoms with Crippen LogP contribution >= 0.6 is 0 Å². The van der Waals surface area contributed by atoms with Crippen LogP contribution in [0.25, 0.3) is 11.2 Å². The number of methoxy groups -OCH3 is 1. The Hall–Kier alpha value is -2.03. The van der Waals surface area contributed by atoms with E-state index in [1.165, 1.54) is 0 Å². The highest BCUT2D eigenvalue weighted by Gasteiger charge is 2.39. The number of nitrogens with zero attached hydrogens (tertiary/aromatic N) is 4. The second kappa shape index (κ2) is 9.41. The first-order chi connectivity index (χ1) is 14.6. The van der Waals surface area contributed by atoms with E-state index in [2.05, 4.69) is 39.2 Å². The van der Waals surface area contributed by atoms with Crippen LogP contribution in [0.15, 0.2) is 18.3 Å². The third-order valence-electron chi connectivity index (χ3n) is 6.58. The Morgan fingerprint density at radius 2 is 2.27 bits per heavy atom. The lowest BCUT2D eigenvalue weighted by Gasteiger charge is -2.36. The second-order valence-electron chi connectivity index (χ2n) is 8.60. The number of carbonyl (C=O) groups excluding carboxylic acids is 1. The summed E-state index contributed by atoms with van der Waals surface area (Å²) in [5, 5.41) is 0. The quantitative estimate of drug-likeness (QED) is 0.688. The molecule has 4 unspecified atom stereocenters. The molecule has 4 atom stereocenters. The lowest BCUT2D eigenvalue weighted by Crippen LogP contribution is -2.48. The van der Waals surface area contributed by atoms with Gasteiger partial charge in [-0.3, -0.25) is 15.6 Å². The molecule has 2 aromatic rings. The van der Waals surface area contributed by atoms with Crippen LogP contribution in [-0.2, 0) is 16.0 Å². The molecule has 2 fully saturated rings. The number of nitrogens with one attached hydrogen (secondary N) is 2. The van der Waals surface area contributed by atoms with Gasteiger partial charge in [0.25, 0.3) is 0 Å². The van der Waals surface area contributed by atoms with Gasteiger partial charge in [0.05, 0.1) is 12.6 Å². The van der Waals surface area contributed by atoms with Gasteiger partial charge in [-0.2, -0.15) is 0 Å². The number of pyridine rings is 1. The van der Waals surface area contributed by atoms with E-state index in [1.807, 2.05) is 12.1 Å². The van der Waals surface area contributed by atoms with Gasteiger partial charge in [0.2, 0.25) is 5.91 Å². The number of likely N-dealkylation sites (tertiary alicyclic amines) is 1. The number of hydrogen-bond acceptors (Lipinski definition) is 6. The molecule has 2 aliphatic rings. The van der Waals surface area contributed by atoms with E-state index in [0.29, 0.717) is 31.0 Å². The zero-order valence-electron chi connectivity index (χ0n) is 18.3. The van der Waals surface area contributed by atoms with Gasteiger partial charge < -0.3 is 14.2 Å². The Bertz CT molecular complexity index is 862. The maximum absolute atomic E-state index is 12.9. The topological polar surface area (TPSA) is 84.3 Å². The van der Waals surface area contributed by atoms with Gasteiger partial charge in [0.15, 0.2) is 5.65 Å². The van der Waals surface area contributed by atoms with Crippen LogP contribution in [0.5, 0.6) is 0 Å². The molecule has 0 aliphatic carbocycles. The van der Waals surface area contributed by atoms with Crippen molar-refractivity contribution >= 4 is 17.1 Å². The summed E-state index contributed by atoms with van der Waals surface area (Å²) in [6, 6.07) is 5.00. The fourth-order valence-electron chi connectivity index (χ4n) is 5.01. The Kier molecular flexibility index (Phi) is 6.65. The van der Waals surface area contributed by atoms with Crippen LogP contribution in [0.3, 0.4) is 0 Å². The van der Waals surface area contributed by atoms with Crippen LogP contribution in [0.2, 0.25) is 0 Å². The van der Waals surface area contributed by atoms with Crippen molar-refractivity contribution in [1.29, 1.82) is 0 Å². The number of amides is 1. The number of fused-ring (bicyclic) bond motifs is 2. The zero-order chi connectivity index (χ0) is 21.1. The van der Waals surface area contributed by atoms with Gasteiger partial charge in [-0.15, -0.1) is 0 Å². The molecule has 4 rings (SSSR count). The maximum Gasteiger partial charge on any atom is 0.222 e. The molecule has 164 valence electrons. The molecule has 0 spiro atoms. The summed E-state index contributed by atoms with van der Waals surface area (Å²) in [5.41, 5.74) is 8.59. The van der Waals surface area contributed by atoms with Gasteiger partial charge in [0.1, 0.15) is 11.3 Å². The molecule has 2 saturated heterocycles. The van der Waals surface area contributed by atoms with Crippen molar-refractivity contribution in [1.82, 2.24) is 30.3 Å². The fourth-order valence-corrected chi connectivity index (χ4v) is 5.01. The summed E-state index contributed by atoms with van der Waals surface area (Å²) in [6.07, 6.45) is 6.02. The minimum absolute atomic E-state index is 0.146. The predicted octanol–water partition coefficient (Wildman–Crippen LogP) is 2.06. The number of ether oxygens (including phenoxy) is 1. The van der Waals surface area contributed by atoms with Gasteiger partial charge in [-0.1, -0.05) is 6.92 Å². The average Bonchev–Trinajstić information content (AvgIpc) is 3.34. The average molecular weight is 415 g/mol. The number of hydrazine groups is 1. The van der Waals surface area contributed by atoms with Gasteiger partial charge in [0, 0.05) is 57.2 Å². The Morgan fingerprint density at radius 3 is 3.07 bits per heavy atom. The summed E-state index contributed by atoms with van der Waals surface area (Å²) < 4.78 is 7.52. The minimum Gasteiger partial charge on any atom is -0.383 e. The van der Waals surface area contributed by atoms with E-state index in [9.17, 15) is 4.79 Å². The summed E-state index contributed by atoms with van der Waals surface area (Å²) in [6.45, 7) is 6.62. The van der Waals surface area contributed by atoms with Gasteiger partial charge >= 0.3 is 0 Å². The normalized spacial score (nSPS) is 24.9. The molecule has 0 aromatic carbocycles. The van der Waals surface area contributed by atoms with E-state index in [4.69, 9.17) is 9.72 Å². The van der Waals surface area contributed by atoms with Crippen molar-refractivity contribution in [2.75, 3.05) is 26.8 Å². The standard InChI is InChI=1S/C22H34N6O2/c1-4-17-16-13-27(12-10-18(16)26-25-17)21(29)9-5-8-20-24-19-7-6-11-23-22(19)28(20)15(2)14-30-3/h6-7,11,15-18,25-26H,4-5,8-10,12-14H2,1-3H3. The SMILES string of the molecule is CCC1NNC2CCN(C(=O)CCCc3nc4cccnc4n3C(C)COC)CC12. The predicted molar refractivity (Wildman–Crippen MR) is 116 cm³/mol. The van der Waals surface area contributed by atoms with E-state index in [0.717, 1.165) is 55.8 Å². The zero-order valence-corrected chi connectivity index (χ0v) is 18.3. The maximum atomic E-state index is 12.9. The van der Waals surface area contributed by atoms with Crippen molar-refractivity contribution in [2.45, 2.75) is 64.1 Å². The third-order valence-corrected chi connectivity index (χ3v) is 6.58. The minimum atomic E-state index is 0.146. The largest absolute Gasteiger partial charge is 0.383 e. The summed E-state index contributed by atoms with van der Waals surface area (Å²) >= 11 is 0. The molecule has 0 bridgehead atoms. The van der Waals surface area contributed by atoms with Crippen molar-refractivity contribution in [3.8, 4) is 0 Å². The molecule has 0 radical (unpaired) electrons. The highest BCUT2D eigenvalue weighted by molar-refractivity contribution is 5.76. The molecular weight excluding hydrogens is 380 g/mol. The Labute approximate surface area is 178 Å². The highest BCUT2D eigenvalue weighted by Crippen LogP contribution is 2.26. The number of carbonyl (C=O) groups is 1. The van der Waals surface area contributed by atoms with Crippen LogP contribution in [0, 0.1) is 5.92 Å². The van der Waals surface area contributed by atoms with E-state index in [1.54, 1.807) is 13.3 Å². The summed E-state index contributed by atoms with van der Waals surface area (Å²) in [5.74, 6) is 1.76. The first-order valence-corrected chi connectivity index (χ1v) is 11.2. The van der Waals surface area contributed by atoms with Crippen molar-refractivity contribution in [3.05, 3.63) is 24.2 Å². The number of piperidine rings is 1. The molecule has 8 nitrogen and oxygen atoms in total. The summed E-state index contributed by atoms with van der Waals surface area (Å²) in [7, 11) is 1.71. The molecule has 0 saturated carbocycles. The first kappa shape index (κ1) is 21.2. The monoisotopic (exact) mass is 414 g/mol. The molecule has 30 heavy (non-hydrogen) atoms. The lowest BCUT2D eigenvalue weighted by atomic mass is 9.87. The third kappa shape index (κ3) is 4.22. The second-order valence-corrected chi connectivity index (χ2v) is 8.60. The molecule has 4 heterocycles. The van der Waals surface area contributed by atoms with Gasteiger partial charge in [-0.05, 0) is 38.3 Å². The molecule has 8 heteroatoms. The Morgan fingerprint density at radius 1 is 1.40 bits per heavy atom. The van der Waals surface area contributed by atoms with Crippen LogP contribution in [-0.4, -0.2) is 64.2 Å². The van der Waals surface area contributed by atoms with Crippen LogP contribution < -0.4 is 10.9 Å². The molecule has 2 N–H and O–H groups in total. The molecule has 2 aliphatic heterocycles. The summed E-state index contributed by atoms with van der Waals surface area (Å²) in [4.78, 5) is 24.3. The number of imidazole rings is 1. The van der Waals surface area contributed by atoms with E-state index < -0.39 is 0 Å². The fraction of sp³-hybridized carbons (Fsp3) is 0.682. The molecular formula is C22H34N6O2. The highest BCUT2D eigenvalue weighted by atomic mass is 16.5. The van der Waals surface area contributed by atoms with E-state index in [-0.39, 0.29) is 11.9 Å². The molecule has 2 aromatic heterocycles.